The first kappa shape index (κ1) is 13.2. The molecule has 0 unspecified atom stereocenters. The second-order valence-electron chi connectivity index (χ2n) is 4.17. The molecule has 0 radical (unpaired) electrons. The molecule has 0 atom stereocenters. The quantitative estimate of drug-likeness (QED) is 0.644. The molecular formula is C14H16O3. The highest BCUT2D eigenvalue weighted by atomic mass is 16.4. The molecule has 17 heavy (non-hydrogen) atoms. The standard InChI is InChI=1S/C14H16O3/c1-8-7-9(2)11(4)14(10(8)3)12(15)5-6-13(16)17/h5-7H,1-4H3,(H,16,17). The molecule has 0 amide bonds. The summed E-state index contributed by atoms with van der Waals surface area (Å²) < 4.78 is 0. The van der Waals surface area contributed by atoms with Crippen LogP contribution in [0.2, 0.25) is 0 Å². The molecule has 1 N–H and O–H groups in total. The lowest BCUT2D eigenvalue weighted by Crippen LogP contribution is -2.06. The summed E-state index contributed by atoms with van der Waals surface area (Å²) in [6, 6.07) is 2.03. The lowest BCUT2D eigenvalue weighted by Gasteiger charge is -2.12. The summed E-state index contributed by atoms with van der Waals surface area (Å²) in [6.45, 7) is 7.64. The Balaban J connectivity index is 3.31. The summed E-state index contributed by atoms with van der Waals surface area (Å²) in [5.74, 6) is -1.37. The maximum Gasteiger partial charge on any atom is 0.328 e. The maximum atomic E-state index is 11.9. The van der Waals surface area contributed by atoms with Gasteiger partial charge in [0.05, 0.1) is 0 Å². The van der Waals surface area contributed by atoms with Crippen LogP contribution < -0.4 is 0 Å². The Morgan fingerprint density at radius 2 is 1.47 bits per heavy atom. The third kappa shape index (κ3) is 2.81. The predicted molar refractivity (Wildman–Crippen MR) is 66.5 cm³/mol. The van der Waals surface area contributed by atoms with Crippen LogP contribution in [0.1, 0.15) is 32.6 Å². The minimum atomic E-state index is -1.11. The van der Waals surface area contributed by atoms with Crippen LogP contribution in [0.4, 0.5) is 0 Å². The number of aliphatic carboxylic acids is 1. The Hall–Kier alpha value is -1.90. The van der Waals surface area contributed by atoms with E-state index in [1.54, 1.807) is 0 Å². The van der Waals surface area contributed by atoms with Crippen LogP contribution in [0.15, 0.2) is 18.2 Å². The number of ketones is 1. The van der Waals surface area contributed by atoms with E-state index in [0.29, 0.717) is 5.56 Å². The number of allylic oxidation sites excluding steroid dienone is 1. The number of carboxylic acid groups (broad SMARTS) is 1. The van der Waals surface area contributed by atoms with Crippen LogP contribution in [0, 0.1) is 27.7 Å². The van der Waals surface area contributed by atoms with E-state index in [-0.39, 0.29) is 5.78 Å². The van der Waals surface area contributed by atoms with Gasteiger partial charge in [0.2, 0.25) is 0 Å². The van der Waals surface area contributed by atoms with E-state index < -0.39 is 5.97 Å². The Bertz CT molecular complexity index is 484. The predicted octanol–water partition coefficient (Wildman–Crippen LogP) is 2.74. The Morgan fingerprint density at radius 3 is 1.88 bits per heavy atom. The highest BCUT2D eigenvalue weighted by Crippen LogP contribution is 2.22. The van der Waals surface area contributed by atoms with Crippen LogP contribution >= 0.6 is 0 Å². The fourth-order valence-electron chi connectivity index (χ4n) is 1.82. The lowest BCUT2D eigenvalue weighted by atomic mass is 9.91. The van der Waals surface area contributed by atoms with E-state index in [2.05, 4.69) is 0 Å². The molecule has 0 aliphatic heterocycles. The fraction of sp³-hybridized carbons (Fsp3) is 0.286. The molecule has 3 nitrogen and oxygen atoms in total. The maximum absolute atomic E-state index is 11.9. The number of benzene rings is 1. The lowest BCUT2D eigenvalue weighted by molar-refractivity contribution is -0.131. The van der Waals surface area contributed by atoms with E-state index in [0.717, 1.165) is 34.4 Å². The topological polar surface area (TPSA) is 54.4 Å². The van der Waals surface area contributed by atoms with Gasteiger partial charge in [0, 0.05) is 11.6 Å². The Kier molecular flexibility index (Phi) is 3.84. The molecular weight excluding hydrogens is 216 g/mol. The minimum absolute atomic E-state index is 0.255. The molecule has 1 aromatic carbocycles. The monoisotopic (exact) mass is 232 g/mol. The fourth-order valence-corrected chi connectivity index (χ4v) is 1.82. The molecule has 3 heteroatoms. The molecule has 90 valence electrons. The van der Waals surface area contributed by atoms with Gasteiger partial charge < -0.3 is 5.11 Å². The highest BCUT2D eigenvalue weighted by molar-refractivity contribution is 6.09. The summed E-state index contributed by atoms with van der Waals surface area (Å²) in [5, 5.41) is 8.52. The van der Waals surface area contributed by atoms with Crippen molar-refractivity contribution in [3.63, 3.8) is 0 Å². The van der Waals surface area contributed by atoms with Crippen LogP contribution in [0.5, 0.6) is 0 Å². The van der Waals surface area contributed by atoms with Crippen molar-refractivity contribution in [1.82, 2.24) is 0 Å². The number of aryl methyl sites for hydroxylation is 2. The van der Waals surface area contributed by atoms with Gasteiger partial charge in [0.15, 0.2) is 5.78 Å². The first-order valence-corrected chi connectivity index (χ1v) is 5.37. The minimum Gasteiger partial charge on any atom is -0.478 e. The van der Waals surface area contributed by atoms with Gasteiger partial charge in [-0.3, -0.25) is 4.79 Å². The first-order chi connectivity index (χ1) is 7.84. The van der Waals surface area contributed by atoms with Gasteiger partial charge in [-0.15, -0.1) is 0 Å². The van der Waals surface area contributed by atoms with Crippen molar-refractivity contribution in [1.29, 1.82) is 0 Å². The van der Waals surface area contributed by atoms with Crippen molar-refractivity contribution < 1.29 is 14.7 Å². The number of carboxylic acids is 1. The molecule has 1 aromatic rings. The van der Waals surface area contributed by atoms with Crippen LogP contribution in [0.25, 0.3) is 0 Å². The molecule has 0 saturated carbocycles. The van der Waals surface area contributed by atoms with E-state index in [4.69, 9.17) is 5.11 Å². The van der Waals surface area contributed by atoms with Crippen LogP contribution in [-0.4, -0.2) is 16.9 Å². The molecule has 0 heterocycles. The zero-order chi connectivity index (χ0) is 13.2. The van der Waals surface area contributed by atoms with Crippen molar-refractivity contribution in [3.8, 4) is 0 Å². The van der Waals surface area contributed by atoms with E-state index in [1.807, 2.05) is 33.8 Å². The number of hydrogen-bond acceptors (Lipinski definition) is 2. The zero-order valence-corrected chi connectivity index (χ0v) is 10.5. The number of hydrogen-bond donors (Lipinski definition) is 1. The van der Waals surface area contributed by atoms with Crippen molar-refractivity contribution in [2.45, 2.75) is 27.7 Å². The zero-order valence-electron chi connectivity index (χ0n) is 10.5. The molecule has 0 aliphatic carbocycles. The smallest absolute Gasteiger partial charge is 0.328 e. The molecule has 0 fully saturated rings. The highest BCUT2D eigenvalue weighted by Gasteiger charge is 2.13. The van der Waals surface area contributed by atoms with Gasteiger partial charge in [-0.05, 0) is 56.0 Å². The molecule has 0 aliphatic rings. The van der Waals surface area contributed by atoms with E-state index in [1.165, 1.54) is 0 Å². The van der Waals surface area contributed by atoms with Crippen molar-refractivity contribution in [2.75, 3.05) is 0 Å². The van der Waals surface area contributed by atoms with E-state index >= 15 is 0 Å². The third-order valence-corrected chi connectivity index (χ3v) is 2.99. The van der Waals surface area contributed by atoms with Crippen molar-refractivity contribution in [3.05, 3.63) is 46.0 Å². The Labute approximate surface area is 101 Å². The normalized spacial score (nSPS) is 10.8. The average Bonchev–Trinajstić information content (AvgIpc) is 2.24. The average molecular weight is 232 g/mol. The SMILES string of the molecule is Cc1cc(C)c(C)c(C(=O)C=CC(=O)O)c1C. The van der Waals surface area contributed by atoms with Gasteiger partial charge in [-0.1, -0.05) is 6.07 Å². The number of carbonyl (C=O) groups is 2. The van der Waals surface area contributed by atoms with Gasteiger partial charge in [-0.2, -0.15) is 0 Å². The molecule has 0 saturated heterocycles. The summed E-state index contributed by atoms with van der Waals surface area (Å²) in [5.41, 5.74) is 4.52. The van der Waals surface area contributed by atoms with Crippen LogP contribution in [0.3, 0.4) is 0 Å². The summed E-state index contributed by atoms with van der Waals surface area (Å²) in [6.07, 6.45) is 1.98. The van der Waals surface area contributed by atoms with Gasteiger partial charge in [-0.25, -0.2) is 4.79 Å². The summed E-state index contributed by atoms with van der Waals surface area (Å²) >= 11 is 0. The molecule has 1 rings (SSSR count). The molecule has 0 spiro atoms. The number of carbonyl (C=O) groups excluding carboxylic acids is 1. The van der Waals surface area contributed by atoms with Crippen molar-refractivity contribution in [2.24, 2.45) is 0 Å². The van der Waals surface area contributed by atoms with Gasteiger partial charge in [0.1, 0.15) is 0 Å². The van der Waals surface area contributed by atoms with Gasteiger partial charge >= 0.3 is 5.97 Å². The van der Waals surface area contributed by atoms with Gasteiger partial charge in [0.25, 0.3) is 0 Å². The first-order valence-electron chi connectivity index (χ1n) is 5.37. The molecule has 0 bridgehead atoms. The third-order valence-electron chi connectivity index (χ3n) is 2.99. The molecule has 0 aromatic heterocycles. The number of rotatable bonds is 3. The van der Waals surface area contributed by atoms with Crippen molar-refractivity contribution >= 4 is 11.8 Å². The van der Waals surface area contributed by atoms with E-state index in [9.17, 15) is 9.59 Å². The van der Waals surface area contributed by atoms with Crippen LogP contribution in [-0.2, 0) is 4.79 Å². The second-order valence-corrected chi connectivity index (χ2v) is 4.17. The Morgan fingerprint density at radius 1 is 1.00 bits per heavy atom. The summed E-state index contributed by atoms with van der Waals surface area (Å²) in [7, 11) is 0. The summed E-state index contributed by atoms with van der Waals surface area (Å²) in [4.78, 5) is 22.3. The largest absolute Gasteiger partial charge is 0.478 e. The second kappa shape index (κ2) is 4.95.